The van der Waals surface area contributed by atoms with E-state index in [2.05, 4.69) is 25.8 Å². The highest BCUT2D eigenvalue weighted by molar-refractivity contribution is 4.90. The van der Waals surface area contributed by atoms with Crippen LogP contribution in [0.2, 0.25) is 0 Å². The molecule has 0 amide bonds. The fraction of sp³-hybridized carbons (Fsp3) is 1.00. The molecule has 0 aromatic rings. The van der Waals surface area contributed by atoms with Crippen LogP contribution in [0.15, 0.2) is 0 Å². The zero-order valence-electron chi connectivity index (χ0n) is 11.8. The maximum Gasteiger partial charge on any atom is 0.0631 e. The second-order valence-corrected chi connectivity index (χ2v) is 6.96. The van der Waals surface area contributed by atoms with Gasteiger partial charge in [0.05, 0.1) is 6.10 Å². The van der Waals surface area contributed by atoms with Crippen molar-refractivity contribution < 1.29 is 5.11 Å². The van der Waals surface area contributed by atoms with Gasteiger partial charge in [-0.25, -0.2) is 0 Å². The molecule has 100 valence electrons. The second kappa shape index (κ2) is 5.27. The van der Waals surface area contributed by atoms with Gasteiger partial charge in [0, 0.05) is 12.6 Å². The Morgan fingerprint density at radius 2 is 1.76 bits per heavy atom. The third-order valence-electron chi connectivity index (χ3n) is 5.11. The van der Waals surface area contributed by atoms with Crippen molar-refractivity contribution in [3.05, 3.63) is 0 Å². The molecule has 2 atom stereocenters. The lowest BCUT2D eigenvalue weighted by Crippen LogP contribution is -2.45. The van der Waals surface area contributed by atoms with Gasteiger partial charge >= 0.3 is 0 Å². The minimum Gasteiger partial charge on any atom is -0.392 e. The minimum absolute atomic E-state index is 0.111. The number of aliphatic hydroxyl groups excluding tert-OH is 1. The van der Waals surface area contributed by atoms with E-state index >= 15 is 0 Å². The molecule has 2 heteroatoms. The van der Waals surface area contributed by atoms with Crippen LogP contribution in [0.4, 0.5) is 0 Å². The third kappa shape index (κ3) is 3.03. The molecular formula is C15H29NO. The van der Waals surface area contributed by atoms with Gasteiger partial charge in [0.2, 0.25) is 0 Å². The fourth-order valence-electron chi connectivity index (χ4n) is 3.82. The molecule has 0 aliphatic heterocycles. The van der Waals surface area contributed by atoms with E-state index in [1.807, 2.05) is 0 Å². The molecule has 2 unspecified atom stereocenters. The Kier molecular flexibility index (Phi) is 4.14. The maximum absolute atomic E-state index is 10.5. The zero-order chi connectivity index (χ0) is 12.5. The molecule has 2 rings (SSSR count). The van der Waals surface area contributed by atoms with Crippen LogP contribution in [-0.2, 0) is 0 Å². The van der Waals surface area contributed by atoms with Crippen LogP contribution < -0.4 is 0 Å². The number of hydrogen-bond acceptors (Lipinski definition) is 2. The number of hydrogen-bond donors (Lipinski definition) is 1. The first-order valence-electron chi connectivity index (χ1n) is 7.39. The van der Waals surface area contributed by atoms with Gasteiger partial charge in [0.15, 0.2) is 0 Å². The van der Waals surface area contributed by atoms with Crippen LogP contribution in [0.25, 0.3) is 0 Å². The van der Waals surface area contributed by atoms with Crippen molar-refractivity contribution in [1.82, 2.24) is 4.90 Å². The van der Waals surface area contributed by atoms with Gasteiger partial charge in [-0.3, -0.25) is 0 Å². The predicted octanol–water partition coefficient (Wildman–Crippen LogP) is 3.05. The highest BCUT2D eigenvalue weighted by Gasteiger charge is 2.38. The van der Waals surface area contributed by atoms with Crippen LogP contribution >= 0.6 is 0 Å². The number of nitrogens with zero attached hydrogens (tertiary/aromatic N) is 1. The maximum atomic E-state index is 10.5. The Morgan fingerprint density at radius 1 is 1.12 bits per heavy atom. The lowest BCUT2D eigenvalue weighted by atomic mass is 9.69. The van der Waals surface area contributed by atoms with Gasteiger partial charge in [0.25, 0.3) is 0 Å². The van der Waals surface area contributed by atoms with Crippen LogP contribution in [-0.4, -0.2) is 35.7 Å². The van der Waals surface area contributed by atoms with Crippen molar-refractivity contribution in [3.63, 3.8) is 0 Å². The predicted molar refractivity (Wildman–Crippen MR) is 72.0 cm³/mol. The van der Waals surface area contributed by atoms with Crippen molar-refractivity contribution in [2.24, 2.45) is 11.3 Å². The minimum atomic E-state index is -0.111. The Hall–Kier alpha value is -0.0800. The van der Waals surface area contributed by atoms with E-state index in [1.165, 1.54) is 44.9 Å². The first-order valence-corrected chi connectivity index (χ1v) is 7.39. The first kappa shape index (κ1) is 13.4. The number of aliphatic hydroxyl groups is 1. The quantitative estimate of drug-likeness (QED) is 0.818. The Balaban J connectivity index is 1.89. The molecule has 17 heavy (non-hydrogen) atoms. The van der Waals surface area contributed by atoms with E-state index in [9.17, 15) is 5.11 Å². The molecule has 0 aromatic heterocycles. The van der Waals surface area contributed by atoms with Crippen molar-refractivity contribution in [1.29, 1.82) is 0 Å². The van der Waals surface area contributed by atoms with Crippen LogP contribution in [0.1, 0.15) is 58.8 Å². The number of rotatable bonds is 3. The SMILES string of the molecule is CN(CC1CCCC(C)(C)C1O)C1CCCC1. The van der Waals surface area contributed by atoms with Gasteiger partial charge in [-0.1, -0.05) is 33.1 Å². The molecule has 0 spiro atoms. The van der Waals surface area contributed by atoms with E-state index in [0.29, 0.717) is 5.92 Å². The summed E-state index contributed by atoms with van der Waals surface area (Å²) in [6.07, 6.45) is 9.08. The molecule has 2 nitrogen and oxygen atoms in total. The summed E-state index contributed by atoms with van der Waals surface area (Å²) in [4.78, 5) is 2.52. The zero-order valence-corrected chi connectivity index (χ0v) is 11.8. The van der Waals surface area contributed by atoms with Crippen molar-refractivity contribution >= 4 is 0 Å². The van der Waals surface area contributed by atoms with Gasteiger partial charge < -0.3 is 10.0 Å². The van der Waals surface area contributed by atoms with E-state index in [0.717, 1.165) is 12.6 Å². The Bertz CT molecular complexity index is 245. The Labute approximate surface area is 106 Å². The van der Waals surface area contributed by atoms with Gasteiger partial charge in [-0.05, 0) is 44.1 Å². The largest absolute Gasteiger partial charge is 0.392 e. The first-order chi connectivity index (χ1) is 8.00. The van der Waals surface area contributed by atoms with E-state index in [1.54, 1.807) is 0 Å². The van der Waals surface area contributed by atoms with Gasteiger partial charge in [-0.2, -0.15) is 0 Å². The lowest BCUT2D eigenvalue weighted by Gasteiger charge is -2.43. The van der Waals surface area contributed by atoms with Gasteiger partial charge in [-0.15, -0.1) is 0 Å². The molecule has 2 aliphatic carbocycles. The Morgan fingerprint density at radius 3 is 2.41 bits per heavy atom. The summed E-state index contributed by atoms with van der Waals surface area (Å²) in [7, 11) is 2.25. The molecule has 0 heterocycles. The molecule has 2 saturated carbocycles. The average Bonchev–Trinajstić information content (AvgIpc) is 2.78. The highest BCUT2D eigenvalue weighted by Crippen LogP contribution is 2.39. The van der Waals surface area contributed by atoms with Crippen molar-refractivity contribution in [2.45, 2.75) is 70.9 Å². The van der Waals surface area contributed by atoms with Crippen LogP contribution in [0.5, 0.6) is 0 Å². The monoisotopic (exact) mass is 239 g/mol. The van der Waals surface area contributed by atoms with Crippen LogP contribution in [0.3, 0.4) is 0 Å². The lowest BCUT2D eigenvalue weighted by molar-refractivity contribution is -0.0439. The smallest absolute Gasteiger partial charge is 0.0631 e. The van der Waals surface area contributed by atoms with E-state index in [-0.39, 0.29) is 11.5 Å². The summed E-state index contributed by atoms with van der Waals surface area (Å²) in [6, 6.07) is 0.784. The molecule has 0 saturated heterocycles. The molecule has 0 radical (unpaired) electrons. The van der Waals surface area contributed by atoms with Crippen LogP contribution in [0, 0.1) is 11.3 Å². The summed E-state index contributed by atoms with van der Waals surface area (Å²) in [5, 5.41) is 10.5. The molecule has 0 aromatic carbocycles. The summed E-state index contributed by atoms with van der Waals surface area (Å²) < 4.78 is 0. The topological polar surface area (TPSA) is 23.5 Å². The highest BCUT2D eigenvalue weighted by atomic mass is 16.3. The summed E-state index contributed by atoms with van der Waals surface area (Å²) >= 11 is 0. The summed E-state index contributed by atoms with van der Waals surface area (Å²) in [5.41, 5.74) is 0.124. The standard InChI is InChI=1S/C15H29NO/c1-15(2)10-6-7-12(14(15)17)11-16(3)13-8-4-5-9-13/h12-14,17H,4-11H2,1-3H3. The fourth-order valence-corrected chi connectivity index (χ4v) is 3.82. The normalized spacial score (nSPS) is 34.4. The molecule has 2 fully saturated rings. The van der Waals surface area contributed by atoms with Crippen molar-refractivity contribution in [3.8, 4) is 0 Å². The summed E-state index contributed by atoms with van der Waals surface area (Å²) in [5.74, 6) is 0.490. The van der Waals surface area contributed by atoms with E-state index in [4.69, 9.17) is 0 Å². The second-order valence-electron chi connectivity index (χ2n) is 6.96. The molecule has 0 bridgehead atoms. The molecule has 1 N–H and O–H groups in total. The molecule has 2 aliphatic rings. The van der Waals surface area contributed by atoms with Gasteiger partial charge in [0.1, 0.15) is 0 Å². The van der Waals surface area contributed by atoms with E-state index < -0.39 is 0 Å². The average molecular weight is 239 g/mol. The molecular weight excluding hydrogens is 210 g/mol. The van der Waals surface area contributed by atoms with Crippen molar-refractivity contribution in [2.75, 3.05) is 13.6 Å². The summed E-state index contributed by atoms with van der Waals surface area (Å²) in [6.45, 7) is 5.54. The third-order valence-corrected chi connectivity index (χ3v) is 5.11.